The van der Waals surface area contributed by atoms with E-state index in [1.165, 1.54) is 0 Å². The fourth-order valence-corrected chi connectivity index (χ4v) is 3.61. The van der Waals surface area contributed by atoms with E-state index in [-0.39, 0.29) is 12.1 Å². The number of hydrogen-bond acceptors (Lipinski definition) is 4. The van der Waals surface area contributed by atoms with Gasteiger partial charge in [-0.15, -0.1) is 11.3 Å². The molecule has 0 fully saturated rings. The molecule has 4 rings (SSSR count). The van der Waals surface area contributed by atoms with Gasteiger partial charge in [0.15, 0.2) is 0 Å². The van der Waals surface area contributed by atoms with Crippen LogP contribution in [0.25, 0.3) is 0 Å². The van der Waals surface area contributed by atoms with Crippen LogP contribution in [-0.4, -0.2) is 15.8 Å². The molecule has 2 heterocycles. The van der Waals surface area contributed by atoms with Gasteiger partial charge < -0.3 is 10.2 Å². The number of anilines is 1. The van der Waals surface area contributed by atoms with E-state index in [9.17, 15) is 4.79 Å². The topological polar surface area (TPSA) is 45.2 Å². The summed E-state index contributed by atoms with van der Waals surface area (Å²) in [6, 6.07) is 17.7. The molecule has 2 aromatic carbocycles. The second-order valence-electron chi connectivity index (χ2n) is 5.80. The van der Waals surface area contributed by atoms with Gasteiger partial charge in [0.25, 0.3) is 5.91 Å². The minimum absolute atomic E-state index is 0.0313. The molecule has 3 aromatic rings. The quantitative estimate of drug-likeness (QED) is 0.779. The van der Waals surface area contributed by atoms with Gasteiger partial charge in [0.05, 0.1) is 16.3 Å². The fraction of sp³-hybridized carbons (Fsp3) is 0.158. The van der Waals surface area contributed by atoms with Crippen LogP contribution < -0.4 is 5.32 Å². The van der Waals surface area contributed by atoms with Gasteiger partial charge in [-0.2, -0.15) is 0 Å². The van der Waals surface area contributed by atoms with Crippen LogP contribution in [-0.2, 0) is 6.54 Å². The molecule has 0 spiro atoms. The molecule has 0 unspecified atom stereocenters. The normalized spacial score (nSPS) is 16.6. The molecular formula is C19H17N3OS. The molecule has 1 atom stereocenters. The Morgan fingerprint density at radius 2 is 1.88 bits per heavy atom. The van der Waals surface area contributed by atoms with Crippen molar-refractivity contribution in [3.63, 3.8) is 0 Å². The minimum atomic E-state index is -0.252. The number of fused-ring (bicyclic) bond motifs is 1. The highest BCUT2D eigenvalue weighted by molar-refractivity contribution is 7.09. The van der Waals surface area contributed by atoms with Crippen molar-refractivity contribution in [1.82, 2.24) is 9.88 Å². The van der Waals surface area contributed by atoms with Gasteiger partial charge in [-0.1, -0.05) is 42.5 Å². The molecule has 24 heavy (non-hydrogen) atoms. The number of aromatic nitrogens is 1. The van der Waals surface area contributed by atoms with Crippen LogP contribution in [0.4, 0.5) is 5.69 Å². The maximum absolute atomic E-state index is 13.1. The SMILES string of the molecule is Cc1nc([C@H]2Nc3ccccc3C(=O)N2Cc2ccccc2)cs1. The van der Waals surface area contributed by atoms with Crippen molar-refractivity contribution >= 4 is 22.9 Å². The molecular weight excluding hydrogens is 318 g/mol. The van der Waals surface area contributed by atoms with Crippen LogP contribution in [0.5, 0.6) is 0 Å². The summed E-state index contributed by atoms with van der Waals surface area (Å²) in [5.74, 6) is 0.0313. The summed E-state index contributed by atoms with van der Waals surface area (Å²) in [4.78, 5) is 19.5. The molecule has 0 aliphatic carbocycles. The third-order valence-electron chi connectivity index (χ3n) is 4.13. The molecule has 1 N–H and O–H groups in total. The zero-order chi connectivity index (χ0) is 16.5. The van der Waals surface area contributed by atoms with E-state index in [1.807, 2.05) is 71.8 Å². The van der Waals surface area contributed by atoms with Gasteiger partial charge in [0.2, 0.25) is 0 Å². The van der Waals surface area contributed by atoms with Crippen LogP contribution >= 0.6 is 11.3 Å². The maximum Gasteiger partial charge on any atom is 0.258 e. The highest BCUT2D eigenvalue weighted by Crippen LogP contribution is 2.34. The van der Waals surface area contributed by atoms with E-state index in [4.69, 9.17) is 0 Å². The minimum Gasteiger partial charge on any atom is -0.359 e. The van der Waals surface area contributed by atoms with Crippen molar-refractivity contribution in [2.75, 3.05) is 5.32 Å². The molecule has 5 heteroatoms. The first-order valence-electron chi connectivity index (χ1n) is 7.85. The standard InChI is InChI=1S/C19H17N3OS/c1-13-20-17(12-24-13)18-21-16-10-6-5-9-15(16)19(23)22(18)11-14-7-3-2-4-8-14/h2-10,12,18,21H,11H2,1H3/t18-/m0/s1. The highest BCUT2D eigenvalue weighted by atomic mass is 32.1. The maximum atomic E-state index is 13.1. The number of carbonyl (C=O) groups is 1. The van der Waals surface area contributed by atoms with Gasteiger partial charge in [-0.25, -0.2) is 4.98 Å². The Kier molecular flexibility index (Phi) is 3.78. The van der Waals surface area contributed by atoms with Gasteiger partial charge in [0.1, 0.15) is 6.17 Å². The average molecular weight is 335 g/mol. The summed E-state index contributed by atoms with van der Waals surface area (Å²) < 4.78 is 0. The Hall–Kier alpha value is -2.66. The lowest BCUT2D eigenvalue weighted by Gasteiger charge is -2.37. The summed E-state index contributed by atoms with van der Waals surface area (Å²) in [5.41, 5.74) is 3.55. The molecule has 120 valence electrons. The molecule has 0 radical (unpaired) electrons. The van der Waals surface area contributed by atoms with Crippen LogP contribution in [0.2, 0.25) is 0 Å². The Morgan fingerprint density at radius 3 is 2.62 bits per heavy atom. The summed E-state index contributed by atoms with van der Waals surface area (Å²) >= 11 is 1.60. The van der Waals surface area contributed by atoms with Crippen molar-refractivity contribution in [3.8, 4) is 0 Å². The summed E-state index contributed by atoms with van der Waals surface area (Å²) in [6.07, 6.45) is -0.252. The smallest absolute Gasteiger partial charge is 0.258 e. The molecule has 4 nitrogen and oxygen atoms in total. The molecule has 1 aliphatic rings. The summed E-state index contributed by atoms with van der Waals surface area (Å²) in [5, 5.41) is 6.49. The number of hydrogen-bond donors (Lipinski definition) is 1. The van der Waals surface area contributed by atoms with Gasteiger partial charge in [-0.3, -0.25) is 4.79 Å². The molecule has 1 aromatic heterocycles. The molecule has 0 saturated carbocycles. The van der Waals surface area contributed by atoms with E-state index in [1.54, 1.807) is 11.3 Å². The van der Waals surface area contributed by atoms with E-state index in [0.717, 1.165) is 22.0 Å². The Morgan fingerprint density at radius 1 is 1.12 bits per heavy atom. The van der Waals surface area contributed by atoms with E-state index in [0.29, 0.717) is 12.1 Å². The average Bonchev–Trinajstić information content (AvgIpc) is 3.04. The van der Waals surface area contributed by atoms with Crippen LogP contribution in [0.3, 0.4) is 0 Å². The van der Waals surface area contributed by atoms with Gasteiger partial charge in [0, 0.05) is 17.6 Å². The highest BCUT2D eigenvalue weighted by Gasteiger charge is 2.33. The summed E-state index contributed by atoms with van der Waals surface area (Å²) in [6.45, 7) is 2.52. The molecule has 1 amide bonds. The first kappa shape index (κ1) is 14.9. The van der Waals surface area contributed by atoms with Gasteiger partial charge in [-0.05, 0) is 24.6 Å². The predicted octanol–water partition coefficient (Wildman–Crippen LogP) is 4.22. The van der Waals surface area contributed by atoms with Crippen molar-refractivity contribution in [3.05, 3.63) is 81.8 Å². The first-order chi connectivity index (χ1) is 11.7. The largest absolute Gasteiger partial charge is 0.359 e. The lowest BCUT2D eigenvalue weighted by Crippen LogP contribution is -2.42. The van der Waals surface area contributed by atoms with Crippen LogP contribution in [0.15, 0.2) is 60.0 Å². The second kappa shape index (κ2) is 6.09. The van der Waals surface area contributed by atoms with Crippen LogP contribution in [0.1, 0.15) is 32.8 Å². The lowest BCUT2D eigenvalue weighted by molar-refractivity contribution is 0.0663. The number of benzene rings is 2. The molecule has 0 bridgehead atoms. The van der Waals surface area contributed by atoms with E-state index >= 15 is 0 Å². The Labute approximate surface area is 144 Å². The van der Waals surface area contributed by atoms with E-state index in [2.05, 4.69) is 10.3 Å². The monoisotopic (exact) mass is 335 g/mol. The number of rotatable bonds is 3. The number of aryl methyl sites for hydroxylation is 1. The van der Waals surface area contributed by atoms with Gasteiger partial charge >= 0.3 is 0 Å². The molecule has 0 saturated heterocycles. The summed E-state index contributed by atoms with van der Waals surface area (Å²) in [7, 11) is 0. The number of thiazole rings is 1. The van der Waals surface area contributed by atoms with Crippen LogP contribution in [0, 0.1) is 6.92 Å². The lowest BCUT2D eigenvalue weighted by atomic mass is 10.1. The Balaban J connectivity index is 1.75. The third kappa shape index (κ3) is 2.67. The zero-order valence-electron chi connectivity index (χ0n) is 13.3. The number of carbonyl (C=O) groups excluding carboxylic acids is 1. The number of nitrogens with one attached hydrogen (secondary N) is 1. The second-order valence-corrected chi connectivity index (χ2v) is 6.86. The fourth-order valence-electron chi connectivity index (χ4n) is 2.98. The van der Waals surface area contributed by atoms with E-state index < -0.39 is 0 Å². The van der Waals surface area contributed by atoms with Crippen molar-refractivity contribution in [2.24, 2.45) is 0 Å². The van der Waals surface area contributed by atoms with Crippen molar-refractivity contribution < 1.29 is 4.79 Å². The zero-order valence-corrected chi connectivity index (χ0v) is 14.1. The third-order valence-corrected chi connectivity index (χ3v) is 4.93. The van der Waals surface area contributed by atoms with Crippen molar-refractivity contribution in [2.45, 2.75) is 19.6 Å². The Bertz CT molecular complexity index is 875. The number of amides is 1. The number of para-hydroxylation sites is 1. The molecule has 1 aliphatic heterocycles. The number of nitrogens with zero attached hydrogens (tertiary/aromatic N) is 2. The predicted molar refractivity (Wildman–Crippen MR) is 96.0 cm³/mol. The first-order valence-corrected chi connectivity index (χ1v) is 8.73. The van der Waals surface area contributed by atoms with Crippen molar-refractivity contribution in [1.29, 1.82) is 0 Å².